The number of aromatic nitrogens is 2. The standard InChI is InChI=1S/C20H18FN3O3/c1-26-16-11-5-9-14(21)17(16)20(25)24-12-6-10-15(24)19-22-18(23-27-19)13-7-3-2-4-8-13/h2-5,7-9,11,15H,6,10,12H2,1H3/t15-/m0/s1. The van der Waals surface area contributed by atoms with Crippen molar-refractivity contribution < 1.29 is 18.4 Å². The number of amides is 1. The Bertz CT molecular complexity index is 958. The zero-order chi connectivity index (χ0) is 18.8. The number of carbonyl (C=O) groups is 1. The highest BCUT2D eigenvalue weighted by molar-refractivity contribution is 5.97. The molecule has 0 unspecified atom stereocenters. The number of halogens is 1. The van der Waals surface area contributed by atoms with Crippen LogP contribution in [0, 0.1) is 5.82 Å². The fourth-order valence-corrected chi connectivity index (χ4v) is 3.37. The molecule has 0 spiro atoms. The zero-order valence-corrected chi connectivity index (χ0v) is 14.8. The molecule has 1 fully saturated rings. The number of likely N-dealkylation sites (tertiary alicyclic amines) is 1. The second-order valence-electron chi connectivity index (χ2n) is 6.30. The lowest BCUT2D eigenvalue weighted by atomic mass is 10.1. The molecule has 3 aromatic rings. The summed E-state index contributed by atoms with van der Waals surface area (Å²) in [6, 6.07) is 13.4. The summed E-state index contributed by atoms with van der Waals surface area (Å²) < 4.78 is 24.9. The molecular weight excluding hydrogens is 349 g/mol. The van der Waals surface area contributed by atoms with E-state index >= 15 is 0 Å². The Hall–Kier alpha value is -3.22. The van der Waals surface area contributed by atoms with E-state index in [0.717, 1.165) is 12.0 Å². The van der Waals surface area contributed by atoms with Crippen LogP contribution in [-0.2, 0) is 0 Å². The van der Waals surface area contributed by atoms with Crippen molar-refractivity contribution in [1.82, 2.24) is 15.0 Å². The van der Waals surface area contributed by atoms with E-state index in [0.29, 0.717) is 24.7 Å². The van der Waals surface area contributed by atoms with Crippen molar-refractivity contribution in [3.63, 3.8) is 0 Å². The van der Waals surface area contributed by atoms with E-state index in [1.165, 1.54) is 19.2 Å². The maximum absolute atomic E-state index is 14.3. The van der Waals surface area contributed by atoms with Gasteiger partial charge in [-0.2, -0.15) is 4.98 Å². The number of nitrogens with zero attached hydrogens (tertiary/aromatic N) is 3. The van der Waals surface area contributed by atoms with Gasteiger partial charge in [0.25, 0.3) is 5.91 Å². The Morgan fingerprint density at radius 2 is 2.04 bits per heavy atom. The average Bonchev–Trinajstić information content (AvgIpc) is 3.37. The summed E-state index contributed by atoms with van der Waals surface area (Å²) in [5.41, 5.74) is 0.758. The molecule has 138 valence electrons. The van der Waals surface area contributed by atoms with E-state index in [9.17, 15) is 9.18 Å². The molecule has 0 bridgehead atoms. The number of carbonyl (C=O) groups excluding carboxylic acids is 1. The molecule has 0 radical (unpaired) electrons. The third-order valence-electron chi connectivity index (χ3n) is 4.68. The van der Waals surface area contributed by atoms with Crippen molar-refractivity contribution in [2.45, 2.75) is 18.9 Å². The molecular formula is C20H18FN3O3. The monoisotopic (exact) mass is 367 g/mol. The van der Waals surface area contributed by atoms with Crippen molar-refractivity contribution in [3.8, 4) is 17.1 Å². The Labute approximate surface area is 155 Å². The van der Waals surface area contributed by atoms with Crippen LogP contribution < -0.4 is 4.74 Å². The van der Waals surface area contributed by atoms with E-state index in [-0.39, 0.29) is 17.4 Å². The second-order valence-corrected chi connectivity index (χ2v) is 6.30. The minimum absolute atomic E-state index is 0.0744. The summed E-state index contributed by atoms with van der Waals surface area (Å²) in [5, 5.41) is 4.03. The third kappa shape index (κ3) is 3.16. The molecule has 1 atom stereocenters. The summed E-state index contributed by atoms with van der Waals surface area (Å²) in [6.45, 7) is 0.490. The Kier molecular flexibility index (Phi) is 4.58. The lowest BCUT2D eigenvalue weighted by Crippen LogP contribution is -2.31. The largest absolute Gasteiger partial charge is 0.496 e. The third-order valence-corrected chi connectivity index (χ3v) is 4.68. The minimum atomic E-state index is -0.611. The number of rotatable bonds is 4. The van der Waals surface area contributed by atoms with Crippen LogP contribution in [-0.4, -0.2) is 34.6 Å². The van der Waals surface area contributed by atoms with Gasteiger partial charge in [-0.1, -0.05) is 41.6 Å². The van der Waals surface area contributed by atoms with Gasteiger partial charge in [0.05, 0.1) is 7.11 Å². The first-order valence-electron chi connectivity index (χ1n) is 8.71. The second kappa shape index (κ2) is 7.19. The maximum Gasteiger partial charge on any atom is 0.261 e. The molecule has 7 heteroatoms. The number of hydrogen-bond donors (Lipinski definition) is 0. The van der Waals surface area contributed by atoms with Gasteiger partial charge in [0.15, 0.2) is 0 Å². The molecule has 1 aliphatic rings. The lowest BCUT2D eigenvalue weighted by Gasteiger charge is -2.23. The predicted molar refractivity (Wildman–Crippen MR) is 95.7 cm³/mol. The van der Waals surface area contributed by atoms with Crippen molar-refractivity contribution >= 4 is 5.91 Å². The van der Waals surface area contributed by atoms with Crippen molar-refractivity contribution in [3.05, 3.63) is 65.8 Å². The van der Waals surface area contributed by atoms with Crippen LogP contribution in [0.4, 0.5) is 4.39 Å². The lowest BCUT2D eigenvalue weighted by molar-refractivity contribution is 0.0701. The highest BCUT2D eigenvalue weighted by atomic mass is 19.1. The van der Waals surface area contributed by atoms with Gasteiger partial charge in [0.2, 0.25) is 11.7 Å². The first-order chi connectivity index (χ1) is 13.2. The SMILES string of the molecule is COc1cccc(F)c1C(=O)N1CCC[C@H]1c1nc(-c2ccccc2)no1. The van der Waals surface area contributed by atoms with Gasteiger partial charge in [-0.25, -0.2) is 4.39 Å². The predicted octanol–water partition coefficient (Wildman–Crippen LogP) is 3.86. The summed E-state index contributed by atoms with van der Waals surface area (Å²) >= 11 is 0. The highest BCUT2D eigenvalue weighted by Crippen LogP contribution is 2.35. The van der Waals surface area contributed by atoms with Gasteiger partial charge in [-0.3, -0.25) is 4.79 Å². The Morgan fingerprint density at radius 1 is 1.22 bits per heavy atom. The van der Waals surface area contributed by atoms with E-state index in [1.54, 1.807) is 11.0 Å². The molecule has 27 heavy (non-hydrogen) atoms. The van der Waals surface area contributed by atoms with E-state index in [2.05, 4.69) is 10.1 Å². The van der Waals surface area contributed by atoms with Crippen LogP contribution in [0.5, 0.6) is 5.75 Å². The van der Waals surface area contributed by atoms with Crippen molar-refractivity contribution in [1.29, 1.82) is 0 Å². The summed E-state index contributed by atoms with van der Waals surface area (Å²) in [7, 11) is 1.41. The van der Waals surface area contributed by atoms with Gasteiger partial charge in [-0.05, 0) is 25.0 Å². The molecule has 6 nitrogen and oxygen atoms in total. The topological polar surface area (TPSA) is 68.5 Å². The first kappa shape index (κ1) is 17.2. The zero-order valence-electron chi connectivity index (χ0n) is 14.8. The molecule has 0 aliphatic carbocycles. The first-order valence-corrected chi connectivity index (χ1v) is 8.71. The van der Waals surface area contributed by atoms with Crippen LogP contribution in [0.2, 0.25) is 0 Å². The van der Waals surface area contributed by atoms with Crippen molar-refractivity contribution in [2.24, 2.45) is 0 Å². The number of ether oxygens (including phenoxy) is 1. The van der Waals surface area contributed by atoms with Gasteiger partial charge in [0, 0.05) is 12.1 Å². The van der Waals surface area contributed by atoms with E-state index in [4.69, 9.17) is 9.26 Å². The Balaban J connectivity index is 1.64. The summed E-state index contributed by atoms with van der Waals surface area (Å²) in [5.74, 6) is -0.0167. The van der Waals surface area contributed by atoms with Crippen LogP contribution in [0.3, 0.4) is 0 Å². The van der Waals surface area contributed by atoms with Gasteiger partial charge in [0.1, 0.15) is 23.2 Å². The quantitative estimate of drug-likeness (QED) is 0.700. The highest BCUT2D eigenvalue weighted by Gasteiger charge is 2.36. The average molecular weight is 367 g/mol. The molecule has 4 rings (SSSR count). The minimum Gasteiger partial charge on any atom is -0.496 e. The molecule has 2 heterocycles. The van der Waals surface area contributed by atoms with Crippen LogP contribution in [0.1, 0.15) is 35.1 Å². The fourth-order valence-electron chi connectivity index (χ4n) is 3.37. The maximum atomic E-state index is 14.3. The van der Waals surface area contributed by atoms with Crippen LogP contribution >= 0.6 is 0 Å². The normalized spacial score (nSPS) is 16.5. The number of hydrogen-bond acceptors (Lipinski definition) is 5. The van der Waals surface area contributed by atoms with E-state index < -0.39 is 11.7 Å². The molecule has 2 aromatic carbocycles. The number of benzene rings is 2. The molecule has 1 aliphatic heterocycles. The smallest absolute Gasteiger partial charge is 0.261 e. The van der Waals surface area contributed by atoms with Crippen molar-refractivity contribution in [2.75, 3.05) is 13.7 Å². The number of methoxy groups -OCH3 is 1. The Morgan fingerprint density at radius 3 is 2.81 bits per heavy atom. The molecule has 1 aromatic heterocycles. The summed E-state index contributed by atoms with van der Waals surface area (Å²) in [4.78, 5) is 19.1. The summed E-state index contributed by atoms with van der Waals surface area (Å²) in [6.07, 6.45) is 1.45. The molecule has 0 saturated carbocycles. The fraction of sp³-hybridized carbons (Fsp3) is 0.250. The van der Waals surface area contributed by atoms with Gasteiger partial charge in [-0.15, -0.1) is 0 Å². The van der Waals surface area contributed by atoms with Gasteiger partial charge >= 0.3 is 0 Å². The molecule has 1 saturated heterocycles. The van der Waals surface area contributed by atoms with Gasteiger partial charge < -0.3 is 14.2 Å². The van der Waals surface area contributed by atoms with Crippen LogP contribution in [0.25, 0.3) is 11.4 Å². The van der Waals surface area contributed by atoms with E-state index in [1.807, 2.05) is 30.3 Å². The van der Waals surface area contributed by atoms with Crippen LogP contribution in [0.15, 0.2) is 53.1 Å². The molecule has 0 N–H and O–H groups in total. The molecule has 1 amide bonds.